The fourth-order valence-electron chi connectivity index (χ4n) is 3.13. The van der Waals surface area contributed by atoms with Crippen molar-refractivity contribution in [3.63, 3.8) is 0 Å². The number of carbonyl (C=O) groups is 2. The number of carboxylic acid groups (broad SMARTS) is 1. The predicted molar refractivity (Wildman–Crippen MR) is 104 cm³/mol. The Balaban J connectivity index is 1.59. The van der Waals surface area contributed by atoms with E-state index in [1.807, 2.05) is 0 Å². The minimum absolute atomic E-state index is 0.0439. The fraction of sp³-hybridized carbons (Fsp3) is 0.190. The highest BCUT2D eigenvalue weighted by molar-refractivity contribution is 5.97. The second-order valence-electron chi connectivity index (χ2n) is 6.57. The monoisotopic (exact) mass is 410 g/mol. The van der Waals surface area contributed by atoms with Gasteiger partial charge in [0, 0.05) is 11.1 Å². The van der Waals surface area contributed by atoms with Crippen molar-refractivity contribution < 1.29 is 33.4 Å². The third-order valence-electron chi connectivity index (χ3n) is 4.67. The van der Waals surface area contributed by atoms with Gasteiger partial charge in [0.2, 0.25) is 6.79 Å². The number of hydrogen-bond donors (Lipinski definition) is 2. The normalized spacial score (nSPS) is 13.0. The second-order valence-corrected chi connectivity index (χ2v) is 6.57. The number of carboxylic acids is 1. The quantitative estimate of drug-likeness (QED) is 0.635. The lowest BCUT2D eigenvalue weighted by Crippen LogP contribution is -2.27. The first-order valence-corrected chi connectivity index (χ1v) is 9.05. The largest absolute Gasteiger partial charge is 0.497 e. The molecule has 2 heterocycles. The Morgan fingerprint density at radius 2 is 1.87 bits per heavy atom. The van der Waals surface area contributed by atoms with Crippen LogP contribution in [-0.4, -0.2) is 36.0 Å². The molecule has 1 atom stereocenters. The van der Waals surface area contributed by atoms with Crippen LogP contribution in [0.1, 0.15) is 39.4 Å². The van der Waals surface area contributed by atoms with Crippen molar-refractivity contribution in [2.75, 3.05) is 13.9 Å². The number of aromatic carboxylic acids is 1. The summed E-state index contributed by atoms with van der Waals surface area (Å²) in [4.78, 5) is 24.5. The molecule has 0 saturated carbocycles. The van der Waals surface area contributed by atoms with Gasteiger partial charge in [-0.3, -0.25) is 4.79 Å². The number of nitrogens with zero attached hydrogens (tertiary/aromatic N) is 1. The molecule has 154 valence electrons. The maximum Gasteiger partial charge on any atom is 0.341 e. The van der Waals surface area contributed by atoms with Gasteiger partial charge in [0.1, 0.15) is 17.0 Å². The zero-order valence-corrected chi connectivity index (χ0v) is 16.2. The Hall–Kier alpha value is -4.01. The zero-order chi connectivity index (χ0) is 21.3. The van der Waals surface area contributed by atoms with Gasteiger partial charge < -0.3 is 29.2 Å². The second kappa shape index (κ2) is 7.78. The molecule has 1 aliphatic heterocycles. The Bertz CT molecular complexity index is 1110. The van der Waals surface area contributed by atoms with Crippen molar-refractivity contribution in [1.29, 1.82) is 0 Å². The van der Waals surface area contributed by atoms with E-state index >= 15 is 0 Å². The molecule has 0 unspecified atom stereocenters. The van der Waals surface area contributed by atoms with Gasteiger partial charge in [-0.1, -0.05) is 5.16 Å². The van der Waals surface area contributed by atoms with E-state index in [0.29, 0.717) is 28.4 Å². The number of fused-ring (bicyclic) bond motifs is 1. The Morgan fingerprint density at radius 1 is 1.13 bits per heavy atom. The predicted octanol–water partition coefficient (Wildman–Crippen LogP) is 3.27. The van der Waals surface area contributed by atoms with E-state index in [9.17, 15) is 14.7 Å². The lowest BCUT2D eigenvalue weighted by Gasteiger charge is -2.12. The van der Waals surface area contributed by atoms with Gasteiger partial charge in [-0.2, -0.15) is 0 Å². The first-order valence-electron chi connectivity index (χ1n) is 9.05. The molecule has 0 spiro atoms. The number of benzene rings is 2. The lowest BCUT2D eigenvalue weighted by atomic mass is 10.0. The van der Waals surface area contributed by atoms with Crippen LogP contribution in [0.3, 0.4) is 0 Å². The average molecular weight is 410 g/mol. The van der Waals surface area contributed by atoms with Crippen molar-refractivity contribution in [2.24, 2.45) is 0 Å². The van der Waals surface area contributed by atoms with E-state index in [1.165, 1.54) is 7.11 Å². The molecule has 0 bridgehead atoms. The topological polar surface area (TPSA) is 120 Å². The van der Waals surface area contributed by atoms with Crippen LogP contribution in [0.15, 0.2) is 47.0 Å². The summed E-state index contributed by atoms with van der Waals surface area (Å²) in [6, 6.07) is 10.8. The molecule has 1 aromatic heterocycles. The van der Waals surface area contributed by atoms with Crippen molar-refractivity contribution >= 4 is 11.9 Å². The summed E-state index contributed by atoms with van der Waals surface area (Å²) >= 11 is 0. The van der Waals surface area contributed by atoms with E-state index in [4.69, 9.17) is 18.7 Å². The van der Waals surface area contributed by atoms with Crippen LogP contribution in [0.25, 0.3) is 11.3 Å². The van der Waals surface area contributed by atoms with Gasteiger partial charge in [-0.05, 0) is 49.4 Å². The maximum atomic E-state index is 12.6. The van der Waals surface area contributed by atoms with E-state index in [-0.39, 0.29) is 23.8 Å². The minimum atomic E-state index is -1.21. The minimum Gasteiger partial charge on any atom is -0.497 e. The van der Waals surface area contributed by atoms with Gasteiger partial charge in [0.05, 0.1) is 13.2 Å². The smallest absolute Gasteiger partial charge is 0.341 e. The van der Waals surface area contributed by atoms with Gasteiger partial charge in [-0.15, -0.1) is 0 Å². The van der Waals surface area contributed by atoms with Crippen molar-refractivity contribution in [3.05, 3.63) is 59.4 Å². The van der Waals surface area contributed by atoms with Gasteiger partial charge in [0.25, 0.3) is 5.91 Å². The molecule has 1 amide bonds. The van der Waals surface area contributed by atoms with Crippen LogP contribution >= 0.6 is 0 Å². The number of methoxy groups -OCH3 is 1. The molecular formula is C21H18N2O7. The molecular weight excluding hydrogens is 392 g/mol. The van der Waals surface area contributed by atoms with E-state index in [2.05, 4.69) is 10.5 Å². The number of ether oxygens (including phenoxy) is 3. The molecule has 0 saturated heterocycles. The summed E-state index contributed by atoms with van der Waals surface area (Å²) in [6.07, 6.45) is 0. The molecule has 2 aromatic carbocycles. The summed E-state index contributed by atoms with van der Waals surface area (Å²) in [5, 5.41) is 16.4. The average Bonchev–Trinajstić information content (AvgIpc) is 3.40. The summed E-state index contributed by atoms with van der Waals surface area (Å²) in [5.74, 6) is 0.0852. The number of rotatable bonds is 6. The van der Waals surface area contributed by atoms with Crippen molar-refractivity contribution in [3.8, 4) is 28.5 Å². The molecule has 2 N–H and O–H groups in total. The number of aromatic nitrogens is 1. The Labute approximate surface area is 171 Å². The lowest BCUT2D eigenvalue weighted by molar-refractivity contribution is 0.0692. The molecule has 0 fully saturated rings. The summed E-state index contributed by atoms with van der Waals surface area (Å²) < 4.78 is 21.0. The number of nitrogens with one attached hydrogen (secondary N) is 1. The molecule has 4 rings (SSSR count). The van der Waals surface area contributed by atoms with Gasteiger partial charge in [-0.25, -0.2) is 4.79 Å². The van der Waals surface area contributed by atoms with Crippen LogP contribution in [0.4, 0.5) is 0 Å². The number of hydrogen-bond acceptors (Lipinski definition) is 7. The molecule has 1 aliphatic rings. The van der Waals surface area contributed by atoms with Crippen LogP contribution in [-0.2, 0) is 0 Å². The van der Waals surface area contributed by atoms with Gasteiger partial charge in [0.15, 0.2) is 17.3 Å². The molecule has 9 heteroatoms. The fourth-order valence-corrected chi connectivity index (χ4v) is 3.13. The van der Waals surface area contributed by atoms with Gasteiger partial charge >= 0.3 is 5.97 Å². The molecule has 3 aromatic rings. The van der Waals surface area contributed by atoms with Crippen molar-refractivity contribution in [1.82, 2.24) is 10.5 Å². The molecule has 9 nitrogen and oxygen atoms in total. The van der Waals surface area contributed by atoms with Crippen LogP contribution in [0.5, 0.6) is 17.2 Å². The van der Waals surface area contributed by atoms with Crippen molar-refractivity contribution in [2.45, 2.75) is 13.0 Å². The van der Waals surface area contributed by atoms with E-state index < -0.39 is 17.9 Å². The standard InChI is InChI=1S/C21H18N2O7/c1-11(22-20(24)13-5-8-15-16(9-13)29-10-28-15)19-17(21(25)26)18(23-30-19)12-3-6-14(27-2)7-4-12/h3-9,11H,10H2,1-2H3,(H,22,24)(H,25,26)/t11-/m1/s1. The first kappa shape index (κ1) is 19.3. The highest BCUT2D eigenvalue weighted by Crippen LogP contribution is 2.33. The SMILES string of the molecule is COc1ccc(-c2noc([C@@H](C)NC(=O)c3ccc4c(c3)OCO4)c2C(=O)O)cc1. The van der Waals surface area contributed by atoms with Crippen LogP contribution in [0, 0.1) is 0 Å². The first-order chi connectivity index (χ1) is 14.5. The highest BCUT2D eigenvalue weighted by Gasteiger charge is 2.28. The summed E-state index contributed by atoms with van der Waals surface area (Å²) in [5.41, 5.74) is 0.957. The van der Waals surface area contributed by atoms with Crippen LogP contribution < -0.4 is 19.5 Å². The molecule has 0 aliphatic carbocycles. The third kappa shape index (κ3) is 3.52. The summed E-state index contributed by atoms with van der Waals surface area (Å²) in [7, 11) is 1.54. The number of carbonyl (C=O) groups excluding carboxylic acids is 1. The molecule has 0 radical (unpaired) electrons. The highest BCUT2D eigenvalue weighted by atomic mass is 16.7. The third-order valence-corrected chi connectivity index (χ3v) is 4.67. The van der Waals surface area contributed by atoms with E-state index in [0.717, 1.165) is 0 Å². The Morgan fingerprint density at radius 3 is 2.57 bits per heavy atom. The van der Waals surface area contributed by atoms with Crippen LogP contribution in [0.2, 0.25) is 0 Å². The van der Waals surface area contributed by atoms with E-state index in [1.54, 1.807) is 49.4 Å². The maximum absolute atomic E-state index is 12.6. The number of amides is 1. The Kier molecular flexibility index (Phi) is 5.01. The summed E-state index contributed by atoms with van der Waals surface area (Å²) in [6.45, 7) is 1.72. The zero-order valence-electron chi connectivity index (χ0n) is 16.2. The molecule has 30 heavy (non-hydrogen) atoms.